The molecule has 0 aromatic heterocycles. The Morgan fingerprint density at radius 2 is 1.52 bits per heavy atom. The van der Waals surface area contributed by atoms with Crippen molar-refractivity contribution in [3.63, 3.8) is 0 Å². The summed E-state index contributed by atoms with van der Waals surface area (Å²) in [5.41, 5.74) is 1.09. The molecule has 1 atom stereocenters. The van der Waals surface area contributed by atoms with Gasteiger partial charge in [0.2, 0.25) is 0 Å². The van der Waals surface area contributed by atoms with Crippen molar-refractivity contribution in [2.45, 2.75) is 19.6 Å². The number of nitrogens with one attached hydrogen (secondary N) is 1. The number of ether oxygens (including phenoxy) is 4. The van der Waals surface area contributed by atoms with Crippen LogP contribution in [0.1, 0.15) is 22.8 Å². The van der Waals surface area contributed by atoms with Gasteiger partial charge < -0.3 is 24.3 Å². The SMILES string of the molecule is COc1cc(OC)c(C(=O)O[C@H](C)C(=O)NCc2ccccc2)cc1OC. The molecule has 0 unspecified atom stereocenters. The first-order valence-corrected chi connectivity index (χ1v) is 8.32. The van der Waals surface area contributed by atoms with Gasteiger partial charge in [-0.25, -0.2) is 4.79 Å². The molecule has 0 heterocycles. The molecule has 0 fully saturated rings. The molecule has 27 heavy (non-hydrogen) atoms. The molecule has 0 aliphatic carbocycles. The van der Waals surface area contributed by atoms with E-state index >= 15 is 0 Å². The number of amides is 1. The minimum absolute atomic E-state index is 0.137. The lowest BCUT2D eigenvalue weighted by Crippen LogP contribution is -2.35. The van der Waals surface area contributed by atoms with E-state index in [4.69, 9.17) is 18.9 Å². The second-order valence-electron chi connectivity index (χ2n) is 5.66. The predicted octanol–water partition coefficient (Wildman–Crippen LogP) is 2.57. The number of carbonyl (C=O) groups is 2. The third-order valence-electron chi connectivity index (χ3n) is 3.89. The van der Waals surface area contributed by atoms with Crippen molar-refractivity contribution < 1.29 is 28.5 Å². The Labute approximate surface area is 158 Å². The summed E-state index contributed by atoms with van der Waals surface area (Å²) in [5, 5.41) is 2.73. The van der Waals surface area contributed by atoms with Gasteiger partial charge in [0.05, 0.1) is 21.3 Å². The van der Waals surface area contributed by atoms with Gasteiger partial charge in [-0.2, -0.15) is 0 Å². The molecule has 0 radical (unpaired) electrons. The van der Waals surface area contributed by atoms with Crippen LogP contribution in [0.4, 0.5) is 0 Å². The van der Waals surface area contributed by atoms with Gasteiger partial charge in [0, 0.05) is 18.7 Å². The van der Waals surface area contributed by atoms with E-state index in [0.29, 0.717) is 18.0 Å². The maximum absolute atomic E-state index is 12.5. The van der Waals surface area contributed by atoms with Gasteiger partial charge >= 0.3 is 5.97 Å². The van der Waals surface area contributed by atoms with Crippen LogP contribution >= 0.6 is 0 Å². The number of hydrogen-bond acceptors (Lipinski definition) is 6. The average Bonchev–Trinajstić information content (AvgIpc) is 2.71. The van der Waals surface area contributed by atoms with Gasteiger partial charge in [-0.1, -0.05) is 30.3 Å². The van der Waals surface area contributed by atoms with Gasteiger partial charge in [-0.3, -0.25) is 4.79 Å². The van der Waals surface area contributed by atoms with Crippen LogP contribution in [0.3, 0.4) is 0 Å². The highest BCUT2D eigenvalue weighted by atomic mass is 16.6. The minimum atomic E-state index is -0.973. The highest BCUT2D eigenvalue weighted by Crippen LogP contribution is 2.35. The minimum Gasteiger partial charge on any atom is -0.496 e. The number of esters is 1. The van der Waals surface area contributed by atoms with Gasteiger partial charge in [-0.05, 0) is 12.5 Å². The van der Waals surface area contributed by atoms with Gasteiger partial charge in [0.25, 0.3) is 5.91 Å². The predicted molar refractivity (Wildman–Crippen MR) is 99.3 cm³/mol. The summed E-state index contributed by atoms with van der Waals surface area (Å²) in [6, 6.07) is 12.4. The number of benzene rings is 2. The Bertz CT molecular complexity index is 791. The molecular weight excluding hydrogens is 350 g/mol. The van der Waals surface area contributed by atoms with Crippen molar-refractivity contribution in [1.29, 1.82) is 0 Å². The summed E-state index contributed by atoms with van der Waals surface area (Å²) in [6.45, 7) is 1.85. The topological polar surface area (TPSA) is 83.1 Å². The summed E-state index contributed by atoms with van der Waals surface area (Å²) in [6.07, 6.45) is -0.973. The van der Waals surface area contributed by atoms with Crippen LogP contribution in [0, 0.1) is 0 Å². The normalized spacial score (nSPS) is 11.3. The zero-order valence-corrected chi connectivity index (χ0v) is 15.8. The van der Waals surface area contributed by atoms with Crippen LogP contribution < -0.4 is 19.5 Å². The van der Waals surface area contributed by atoms with Crippen molar-refractivity contribution in [3.8, 4) is 17.2 Å². The molecule has 2 rings (SSSR count). The molecule has 7 heteroatoms. The van der Waals surface area contributed by atoms with E-state index in [2.05, 4.69) is 5.32 Å². The Balaban J connectivity index is 2.05. The van der Waals surface area contributed by atoms with Crippen molar-refractivity contribution >= 4 is 11.9 Å². The molecule has 1 N–H and O–H groups in total. The summed E-state index contributed by atoms with van der Waals surface area (Å²) >= 11 is 0. The zero-order valence-electron chi connectivity index (χ0n) is 15.8. The van der Waals surface area contributed by atoms with E-state index < -0.39 is 18.0 Å². The Morgan fingerprint density at radius 1 is 0.926 bits per heavy atom. The molecular formula is C20H23NO6. The largest absolute Gasteiger partial charge is 0.496 e. The first-order valence-electron chi connectivity index (χ1n) is 8.32. The number of rotatable bonds is 8. The Kier molecular flexibility index (Phi) is 7.05. The molecule has 0 bridgehead atoms. The Morgan fingerprint density at radius 3 is 2.11 bits per heavy atom. The Hall–Kier alpha value is -3.22. The quantitative estimate of drug-likeness (QED) is 0.716. The third kappa shape index (κ3) is 5.13. The van der Waals surface area contributed by atoms with Crippen LogP contribution in [0.2, 0.25) is 0 Å². The number of methoxy groups -OCH3 is 3. The highest BCUT2D eigenvalue weighted by molar-refractivity contribution is 5.95. The molecule has 2 aromatic rings. The second kappa shape index (κ2) is 9.47. The van der Waals surface area contributed by atoms with Crippen LogP contribution in [0.5, 0.6) is 17.2 Å². The molecule has 144 valence electrons. The van der Waals surface area contributed by atoms with Crippen molar-refractivity contribution in [2.24, 2.45) is 0 Å². The van der Waals surface area contributed by atoms with Crippen LogP contribution in [-0.2, 0) is 16.1 Å². The highest BCUT2D eigenvalue weighted by Gasteiger charge is 2.23. The fraction of sp³-hybridized carbons (Fsp3) is 0.300. The van der Waals surface area contributed by atoms with E-state index in [1.165, 1.54) is 40.4 Å². The van der Waals surface area contributed by atoms with E-state index in [0.717, 1.165) is 5.56 Å². The molecule has 0 aliphatic heterocycles. The molecule has 0 saturated heterocycles. The van der Waals surface area contributed by atoms with Crippen molar-refractivity contribution in [2.75, 3.05) is 21.3 Å². The maximum Gasteiger partial charge on any atom is 0.342 e. The van der Waals surface area contributed by atoms with Crippen LogP contribution in [0.15, 0.2) is 42.5 Å². The molecule has 1 amide bonds. The third-order valence-corrected chi connectivity index (χ3v) is 3.89. The van der Waals surface area contributed by atoms with Gasteiger partial charge in [-0.15, -0.1) is 0 Å². The van der Waals surface area contributed by atoms with Crippen molar-refractivity contribution in [3.05, 3.63) is 53.6 Å². The van der Waals surface area contributed by atoms with E-state index in [1.54, 1.807) is 0 Å². The number of hydrogen-bond donors (Lipinski definition) is 1. The molecule has 0 saturated carbocycles. The fourth-order valence-corrected chi connectivity index (χ4v) is 2.40. The maximum atomic E-state index is 12.5. The average molecular weight is 373 g/mol. The monoisotopic (exact) mass is 373 g/mol. The molecule has 0 aliphatic rings. The number of carbonyl (C=O) groups excluding carboxylic acids is 2. The summed E-state index contributed by atoms with van der Waals surface area (Å²) in [4.78, 5) is 24.7. The van der Waals surface area contributed by atoms with E-state index in [1.807, 2.05) is 30.3 Å². The van der Waals surface area contributed by atoms with Crippen molar-refractivity contribution in [1.82, 2.24) is 5.32 Å². The van der Waals surface area contributed by atoms with Crippen LogP contribution in [-0.4, -0.2) is 39.3 Å². The first kappa shape index (κ1) is 20.1. The zero-order chi connectivity index (χ0) is 19.8. The lowest BCUT2D eigenvalue weighted by atomic mass is 10.1. The summed E-state index contributed by atoms with van der Waals surface area (Å²) < 4.78 is 20.9. The molecule has 2 aromatic carbocycles. The van der Waals surface area contributed by atoms with E-state index in [9.17, 15) is 9.59 Å². The standard InChI is InChI=1S/C20H23NO6/c1-13(19(22)21-12-14-8-6-5-7-9-14)27-20(23)15-10-17(25-3)18(26-4)11-16(15)24-2/h5-11,13H,12H2,1-4H3,(H,21,22)/t13-/m1/s1. The molecule has 7 nitrogen and oxygen atoms in total. The lowest BCUT2D eigenvalue weighted by Gasteiger charge is -2.16. The second-order valence-corrected chi connectivity index (χ2v) is 5.66. The van der Waals surface area contributed by atoms with Gasteiger partial charge in [0.15, 0.2) is 17.6 Å². The first-order chi connectivity index (χ1) is 13.0. The molecule has 0 spiro atoms. The fourth-order valence-electron chi connectivity index (χ4n) is 2.40. The lowest BCUT2D eigenvalue weighted by molar-refractivity contribution is -0.129. The summed E-state index contributed by atoms with van der Waals surface area (Å²) in [7, 11) is 4.36. The smallest absolute Gasteiger partial charge is 0.342 e. The van der Waals surface area contributed by atoms with Crippen LogP contribution in [0.25, 0.3) is 0 Å². The van der Waals surface area contributed by atoms with E-state index in [-0.39, 0.29) is 11.3 Å². The summed E-state index contributed by atoms with van der Waals surface area (Å²) in [5.74, 6) is -0.0673. The van der Waals surface area contributed by atoms with Gasteiger partial charge in [0.1, 0.15) is 11.3 Å².